The molecule has 4 rings (SSSR count). The molecule has 0 bridgehead atoms. The van der Waals surface area contributed by atoms with Crippen molar-refractivity contribution in [2.45, 2.75) is 38.1 Å². The third-order valence-corrected chi connectivity index (χ3v) is 6.56. The summed E-state index contributed by atoms with van der Waals surface area (Å²) in [5, 5.41) is 9.32. The molecule has 3 aromatic rings. The molecule has 3 amide bonds. The molecule has 3 N–H and O–H groups in total. The summed E-state index contributed by atoms with van der Waals surface area (Å²) in [5.74, 6) is -2.40. The lowest BCUT2D eigenvalue weighted by atomic mass is 9.95. The van der Waals surface area contributed by atoms with E-state index in [-0.39, 0.29) is 34.7 Å². The Morgan fingerprint density at radius 1 is 0.833 bits per heavy atom. The van der Waals surface area contributed by atoms with Crippen molar-refractivity contribution < 1.29 is 28.7 Å². The second kappa shape index (κ2) is 14.9. The first-order chi connectivity index (χ1) is 20.4. The zero-order valence-corrected chi connectivity index (χ0v) is 23.2. The molecule has 0 saturated heterocycles. The van der Waals surface area contributed by atoms with Crippen LogP contribution in [0.3, 0.4) is 0 Å². The number of methoxy groups -OCH3 is 1. The summed E-state index contributed by atoms with van der Waals surface area (Å²) >= 11 is 0. The first-order valence-electron chi connectivity index (χ1n) is 13.6. The van der Waals surface area contributed by atoms with Crippen LogP contribution in [0, 0.1) is 0 Å². The largest absolute Gasteiger partial charge is 0.493 e. The number of hydrogen-bond acceptors (Lipinski definition) is 7. The van der Waals surface area contributed by atoms with Crippen LogP contribution >= 0.6 is 0 Å². The van der Waals surface area contributed by atoms with Gasteiger partial charge in [0.05, 0.1) is 24.6 Å². The van der Waals surface area contributed by atoms with Gasteiger partial charge < -0.3 is 20.1 Å². The Labute approximate surface area is 243 Å². The molecule has 1 aliphatic rings. The molecule has 10 nitrogen and oxygen atoms in total. The molecule has 1 fully saturated rings. The van der Waals surface area contributed by atoms with E-state index in [0.29, 0.717) is 5.56 Å². The number of rotatable bonds is 9. The Kier molecular flexibility index (Phi) is 10.6. The van der Waals surface area contributed by atoms with Crippen LogP contribution in [0.1, 0.15) is 53.6 Å². The van der Waals surface area contributed by atoms with Crippen LogP contribution < -0.4 is 25.5 Å². The molecule has 216 valence electrons. The van der Waals surface area contributed by atoms with Crippen molar-refractivity contribution in [3.63, 3.8) is 0 Å². The van der Waals surface area contributed by atoms with Gasteiger partial charge in [0.1, 0.15) is 0 Å². The minimum atomic E-state index is -1.02. The molecule has 1 aliphatic carbocycles. The highest BCUT2D eigenvalue weighted by atomic mass is 16.6. The van der Waals surface area contributed by atoms with Crippen LogP contribution in [0.25, 0.3) is 6.08 Å². The van der Waals surface area contributed by atoms with Crippen LogP contribution in [-0.2, 0) is 14.4 Å². The summed E-state index contributed by atoms with van der Waals surface area (Å²) < 4.78 is 10.7. The molecular weight excluding hydrogens is 536 g/mol. The van der Waals surface area contributed by atoms with E-state index in [1.165, 1.54) is 25.5 Å². The Morgan fingerprint density at radius 2 is 1.57 bits per heavy atom. The molecule has 0 atom stereocenters. The number of anilines is 1. The molecule has 0 spiro atoms. The van der Waals surface area contributed by atoms with Gasteiger partial charge in [0.15, 0.2) is 11.5 Å². The Balaban J connectivity index is 1.31. The highest BCUT2D eigenvalue weighted by Crippen LogP contribution is 2.28. The molecule has 0 unspecified atom stereocenters. The van der Waals surface area contributed by atoms with Gasteiger partial charge in [-0.1, -0.05) is 61.7 Å². The van der Waals surface area contributed by atoms with E-state index in [2.05, 4.69) is 21.2 Å². The van der Waals surface area contributed by atoms with E-state index in [9.17, 15) is 19.2 Å². The Morgan fingerprint density at radius 3 is 2.33 bits per heavy atom. The monoisotopic (exact) mass is 568 g/mol. The molecule has 42 heavy (non-hydrogen) atoms. The summed E-state index contributed by atoms with van der Waals surface area (Å²) in [5.41, 5.74) is 4.03. The number of nitrogens with zero attached hydrogens (tertiary/aromatic N) is 1. The van der Waals surface area contributed by atoms with E-state index in [1.807, 2.05) is 30.3 Å². The molecule has 0 heterocycles. The molecule has 0 aromatic heterocycles. The number of hydrazone groups is 1. The first kappa shape index (κ1) is 29.7. The fourth-order valence-corrected chi connectivity index (χ4v) is 4.42. The first-order valence-corrected chi connectivity index (χ1v) is 13.6. The van der Waals surface area contributed by atoms with Gasteiger partial charge in [-0.2, -0.15) is 5.10 Å². The topological polar surface area (TPSA) is 135 Å². The molecule has 0 aliphatic heterocycles. The van der Waals surface area contributed by atoms with Crippen LogP contribution in [0.2, 0.25) is 0 Å². The van der Waals surface area contributed by atoms with Crippen molar-refractivity contribution in [3.05, 3.63) is 95.6 Å². The number of carbonyl (C=O) groups excluding carboxylic acids is 4. The summed E-state index contributed by atoms with van der Waals surface area (Å²) in [6.45, 7) is 0. The highest BCUT2D eigenvalue weighted by molar-refractivity contribution is 6.40. The standard InChI is InChI=1S/C32H32N4O6/c1-41-28-20-23(16-18-27(28)42-29(37)19-17-22-10-4-2-5-11-22)21-33-36-32(40)31(39)35-26-15-9-8-14-25(26)30(38)34-24-12-6-3-7-13-24/h2,4-5,8-11,14-21,24H,3,6-7,12-13H2,1H3,(H,34,38)(H,35,39)(H,36,40)/b19-17+,33-21-. The van der Waals surface area contributed by atoms with Crippen LogP contribution in [0.4, 0.5) is 5.69 Å². The van der Waals surface area contributed by atoms with Crippen LogP contribution in [0.5, 0.6) is 11.5 Å². The van der Waals surface area contributed by atoms with Crippen LogP contribution in [-0.4, -0.2) is 43.1 Å². The van der Waals surface area contributed by atoms with Gasteiger partial charge >= 0.3 is 17.8 Å². The van der Waals surface area contributed by atoms with E-state index in [4.69, 9.17) is 9.47 Å². The lowest BCUT2D eigenvalue weighted by Gasteiger charge is -2.23. The predicted molar refractivity (Wildman–Crippen MR) is 159 cm³/mol. The van der Waals surface area contributed by atoms with Gasteiger partial charge in [0, 0.05) is 12.1 Å². The maximum Gasteiger partial charge on any atom is 0.336 e. The van der Waals surface area contributed by atoms with E-state index < -0.39 is 17.8 Å². The fourth-order valence-electron chi connectivity index (χ4n) is 4.42. The number of esters is 1. The average molecular weight is 569 g/mol. The van der Waals surface area contributed by atoms with Crippen molar-refractivity contribution in [2.24, 2.45) is 5.10 Å². The van der Waals surface area contributed by atoms with Crippen molar-refractivity contribution in [1.29, 1.82) is 0 Å². The zero-order chi connectivity index (χ0) is 29.7. The summed E-state index contributed by atoms with van der Waals surface area (Å²) in [6.07, 6.45) is 9.41. The summed E-state index contributed by atoms with van der Waals surface area (Å²) in [4.78, 5) is 49.9. The minimum Gasteiger partial charge on any atom is -0.493 e. The number of hydrogen-bond donors (Lipinski definition) is 3. The molecule has 10 heteroatoms. The number of para-hydroxylation sites is 1. The van der Waals surface area contributed by atoms with Crippen molar-refractivity contribution in [1.82, 2.24) is 10.7 Å². The lowest BCUT2D eigenvalue weighted by Crippen LogP contribution is -2.37. The maximum atomic E-state index is 12.8. The number of amides is 3. The van der Waals surface area contributed by atoms with Gasteiger partial charge in [0.25, 0.3) is 5.91 Å². The van der Waals surface area contributed by atoms with E-state index >= 15 is 0 Å². The Hall–Kier alpha value is -5.25. The summed E-state index contributed by atoms with van der Waals surface area (Å²) in [7, 11) is 1.42. The fraction of sp³-hybridized carbons (Fsp3) is 0.219. The third-order valence-electron chi connectivity index (χ3n) is 6.56. The second-order valence-corrected chi connectivity index (χ2v) is 9.58. The highest BCUT2D eigenvalue weighted by Gasteiger charge is 2.21. The quantitative estimate of drug-likeness (QED) is 0.0871. The van der Waals surface area contributed by atoms with Gasteiger partial charge in [0.2, 0.25) is 0 Å². The van der Waals surface area contributed by atoms with Crippen molar-refractivity contribution >= 4 is 41.7 Å². The van der Waals surface area contributed by atoms with Gasteiger partial charge in [-0.25, -0.2) is 10.2 Å². The smallest absolute Gasteiger partial charge is 0.336 e. The number of benzene rings is 3. The number of nitrogens with one attached hydrogen (secondary N) is 3. The minimum absolute atomic E-state index is 0.101. The predicted octanol–water partition coefficient (Wildman–Crippen LogP) is 4.47. The van der Waals surface area contributed by atoms with E-state index in [0.717, 1.165) is 37.7 Å². The van der Waals surface area contributed by atoms with Gasteiger partial charge in [-0.15, -0.1) is 0 Å². The SMILES string of the molecule is COc1cc(/C=N\NC(=O)C(=O)Nc2ccccc2C(=O)NC2CCCCC2)ccc1OC(=O)/C=C/c1ccccc1. The molecular formula is C32H32N4O6. The average Bonchev–Trinajstić information content (AvgIpc) is 3.01. The Bertz CT molecular complexity index is 1480. The van der Waals surface area contributed by atoms with Gasteiger partial charge in [-0.05, 0) is 60.4 Å². The van der Waals surface area contributed by atoms with E-state index in [1.54, 1.807) is 42.5 Å². The normalized spacial score (nSPS) is 13.5. The van der Waals surface area contributed by atoms with Crippen molar-refractivity contribution in [2.75, 3.05) is 12.4 Å². The second-order valence-electron chi connectivity index (χ2n) is 9.58. The summed E-state index contributed by atoms with van der Waals surface area (Å²) in [6, 6.07) is 20.6. The molecule has 1 saturated carbocycles. The lowest BCUT2D eigenvalue weighted by molar-refractivity contribution is -0.136. The van der Waals surface area contributed by atoms with Crippen LogP contribution in [0.15, 0.2) is 84.0 Å². The van der Waals surface area contributed by atoms with Crippen molar-refractivity contribution in [3.8, 4) is 11.5 Å². The zero-order valence-electron chi connectivity index (χ0n) is 23.2. The number of carbonyl (C=O) groups is 4. The maximum absolute atomic E-state index is 12.8. The molecule has 0 radical (unpaired) electrons. The molecule has 3 aromatic carbocycles. The number of ether oxygens (including phenoxy) is 2. The third kappa shape index (κ3) is 8.62. The van der Waals surface area contributed by atoms with Gasteiger partial charge in [-0.3, -0.25) is 14.4 Å².